The summed E-state index contributed by atoms with van der Waals surface area (Å²) in [5.74, 6) is -1.74. The van der Waals surface area contributed by atoms with Crippen molar-refractivity contribution in [2.24, 2.45) is 5.92 Å². The third kappa shape index (κ3) is 2.18. The molecule has 1 aromatic heterocycles. The van der Waals surface area contributed by atoms with E-state index in [1.54, 1.807) is 0 Å². The minimum absolute atomic E-state index is 0.00202. The fourth-order valence-corrected chi connectivity index (χ4v) is 3.06. The van der Waals surface area contributed by atoms with Gasteiger partial charge in [-0.05, 0) is 6.07 Å². The lowest BCUT2D eigenvalue weighted by Gasteiger charge is -2.27. The van der Waals surface area contributed by atoms with Crippen molar-refractivity contribution >= 4 is 16.6 Å². The Labute approximate surface area is 127 Å². The predicted octanol–water partition coefficient (Wildman–Crippen LogP) is 2.77. The molecule has 2 heterocycles. The molecule has 3 rings (SSSR count). The minimum atomic E-state index is -4.47. The van der Waals surface area contributed by atoms with Crippen molar-refractivity contribution in [1.29, 1.82) is 0 Å². The van der Waals surface area contributed by atoms with Gasteiger partial charge in [-0.2, -0.15) is 13.2 Å². The molecule has 122 valence electrons. The molecule has 0 spiro atoms. The Bertz CT molecular complexity index is 886. The number of fused-ring (bicyclic) bond motifs is 2. The number of nitrogens with zero attached hydrogens (tertiary/aromatic N) is 3. The van der Waals surface area contributed by atoms with Crippen LogP contribution in [0.5, 0.6) is 0 Å². The summed E-state index contributed by atoms with van der Waals surface area (Å²) in [4.78, 5) is 26.8. The zero-order valence-corrected chi connectivity index (χ0v) is 12.2. The maximum atomic E-state index is 13.2. The van der Waals surface area contributed by atoms with Gasteiger partial charge in [0.15, 0.2) is 0 Å². The average Bonchev–Trinajstić information content (AvgIpc) is 2.70. The summed E-state index contributed by atoms with van der Waals surface area (Å²) >= 11 is 0. The lowest BCUT2D eigenvalue weighted by Crippen LogP contribution is -2.36. The molecular formula is C14H12F3N3O3. The number of hydrogen-bond donors (Lipinski definition) is 0. The highest BCUT2D eigenvalue weighted by atomic mass is 19.4. The Morgan fingerprint density at radius 3 is 2.61 bits per heavy atom. The highest BCUT2D eigenvalue weighted by molar-refractivity contribution is 5.80. The number of halogens is 3. The average molecular weight is 327 g/mol. The van der Waals surface area contributed by atoms with Crippen molar-refractivity contribution in [3.05, 3.63) is 44.5 Å². The van der Waals surface area contributed by atoms with Gasteiger partial charge in [0.05, 0.1) is 21.7 Å². The number of aromatic nitrogens is 2. The maximum absolute atomic E-state index is 13.2. The van der Waals surface area contributed by atoms with Gasteiger partial charge in [0.1, 0.15) is 5.82 Å². The molecule has 0 saturated heterocycles. The van der Waals surface area contributed by atoms with Crippen molar-refractivity contribution in [3.63, 3.8) is 0 Å². The van der Waals surface area contributed by atoms with Crippen LogP contribution in [0.25, 0.3) is 10.9 Å². The van der Waals surface area contributed by atoms with Crippen molar-refractivity contribution in [2.45, 2.75) is 32.0 Å². The van der Waals surface area contributed by atoms with Crippen molar-refractivity contribution in [2.75, 3.05) is 0 Å². The summed E-state index contributed by atoms with van der Waals surface area (Å²) in [6.07, 6.45) is -4.47. The predicted molar refractivity (Wildman–Crippen MR) is 75.2 cm³/mol. The molecule has 0 fully saturated rings. The maximum Gasteiger partial charge on any atom is 0.394 e. The molecule has 0 N–H and O–H groups in total. The Morgan fingerprint density at radius 2 is 2.04 bits per heavy atom. The van der Waals surface area contributed by atoms with Crippen LogP contribution < -0.4 is 5.56 Å². The van der Waals surface area contributed by atoms with E-state index in [4.69, 9.17) is 0 Å². The quantitative estimate of drug-likeness (QED) is 0.596. The molecule has 1 aliphatic heterocycles. The van der Waals surface area contributed by atoms with E-state index >= 15 is 0 Å². The van der Waals surface area contributed by atoms with Gasteiger partial charge in [0.2, 0.25) is 0 Å². The molecule has 0 amide bonds. The summed E-state index contributed by atoms with van der Waals surface area (Å²) in [5.41, 5.74) is -2.24. The van der Waals surface area contributed by atoms with Crippen LogP contribution in [0.3, 0.4) is 0 Å². The molecule has 0 radical (unpaired) electrons. The molecule has 6 nitrogen and oxygen atoms in total. The van der Waals surface area contributed by atoms with Gasteiger partial charge in [-0.3, -0.25) is 19.5 Å². The number of nitro benzene ring substituents is 1. The Hall–Kier alpha value is -2.45. The molecule has 0 aliphatic carbocycles. The molecule has 0 saturated carbocycles. The summed E-state index contributed by atoms with van der Waals surface area (Å²) in [7, 11) is 0. The van der Waals surface area contributed by atoms with Gasteiger partial charge >= 0.3 is 6.18 Å². The van der Waals surface area contributed by atoms with Crippen LogP contribution in [0.4, 0.5) is 18.9 Å². The minimum Gasteiger partial charge on any atom is -0.295 e. The van der Waals surface area contributed by atoms with E-state index in [0.717, 1.165) is 16.7 Å². The number of nitro groups is 1. The number of alkyl halides is 3. The molecule has 1 atom stereocenters. The molecule has 0 bridgehead atoms. The van der Waals surface area contributed by atoms with Crippen molar-refractivity contribution in [1.82, 2.24) is 9.55 Å². The smallest absolute Gasteiger partial charge is 0.295 e. The van der Waals surface area contributed by atoms with Gasteiger partial charge in [-0.25, -0.2) is 4.98 Å². The van der Waals surface area contributed by atoms with E-state index in [2.05, 4.69) is 4.98 Å². The molecular weight excluding hydrogens is 315 g/mol. The Morgan fingerprint density at radius 1 is 1.39 bits per heavy atom. The summed E-state index contributed by atoms with van der Waals surface area (Å²) < 4.78 is 40.7. The second-order valence-electron chi connectivity index (χ2n) is 6.13. The largest absolute Gasteiger partial charge is 0.394 e. The Balaban J connectivity index is 2.29. The van der Waals surface area contributed by atoms with Gasteiger partial charge in [0, 0.05) is 24.1 Å². The highest BCUT2D eigenvalue weighted by Gasteiger charge is 2.55. The Kier molecular flexibility index (Phi) is 3.04. The van der Waals surface area contributed by atoms with Crippen LogP contribution in [0.15, 0.2) is 23.0 Å². The SMILES string of the molecule is CC1(C)c2nc3cc([N+](=O)[O-])ccc3c(=O)n2CC1C(F)(F)F. The zero-order chi connectivity index (χ0) is 17.2. The summed E-state index contributed by atoms with van der Waals surface area (Å²) in [6, 6.07) is 3.47. The standard InChI is InChI=1S/C14H12F3N3O3/c1-13(2)10(14(15,16)17)6-19-11(21)8-4-3-7(20(22)23)5-9(8)18-12(13)19/h3-5,10H,6H2,1-2H3. The van der Waals surface area contributed by atoms with Gasteiger partial charge in [0.25, 0.3) is 11.2 Å². The van der Waals surface area contributed by atoms with Crippen LogP contribution in [0.1, 0.15) is 19.7 Å². The van der Waals surface area contributed by atoms with Gasteiger partial charge < -0.3 is 0 Å². The molecule has 23 heavy (non-hydrogen) atoms. The molecule has 2 aromatic rings. The lowest BCUT2D eigenvalue weighted by atomic mass is 9.80. The van der Waals surface area contributed by atoms with Crippen LogP contribution in [-0.2, 0) is 12.0 Å². The summed E-state index contributed by atoms with van der Waals surface area (Å²) in [5, 5.41) is 10.9. The lowest BCUT2D eigenvalue weighted by molar-refractivity contribution is -0.384. The normalized spacial score (nSPS) is 19.8. The highest BCUT2D eigenvalue weighted by Crippen LogP contribution is 2.46. The van der Waals surface area contributed by atoms with E-state index in [9.17, 15) is 28.1 Å². The van der Waals surface area contributed by atoms with Crippen LogP contribution >= 0.6 is 0 Å². The first-order valence-electron chi connectivity index (χ1n) is 6.79. The third-order valence-electron chi connectivity index (χ3n) is 4.36. The van der Waals surface area contributed by atoms with E-state index in [1.165, 1.54) is 19.9 Å². The topological polar surface area (TPSA) is 78.0 Å². The fourth-order valence-electron chi connectivity index (χ4n) is 3.06. The van der Waals surface area contributed by atoms with Crippen LogP contribution in [-0.4, -0.2) is 20.7 Å². The number of non-ortho nitro benzene ring substituents is 1. The first-order chi connectivity index (χ1) is 10.5. The van der Waals surface area contributed by atoms with E-state index < -0.39 is 34.5 Å². The van der Waals surface area contributed by atoms with Crippen molar-refractivity contribution < 1.29 is 18.1 Å². The second-order valence-corrected chi connectivity index (χ2v) is 6.13. The van der Waals surface area contributed by atoms with E-state index in [0.29, 0.717) is 0 Å². The summed E-state index contributed by atoms with van der Waals surface area (Å²) in [6.45, 7) is 2.25. The van der Waals surface area contributed by atoms with E-state index in [-0.39, 0.29) is 22.4 Å². The number of rotatable bonds is 1. The molecule has 1 aromatic carbocycles. The monoisotopic (exact) mass is 327 g/mol. The molecule has 1 aliphatic rings. The first-order valence-corrected chi connectivity index (χ1v) is 6.79. The van der Waals surface area contributed by atoms with Crippen LogP contribution in [0, 0.1) is 16.0 Å². The number of hydrogen-bond acceptors (Lipinski definition) is 4. The van der Waals surface area contributed by atoms with Gasteiger partial charge in [-0.15, -0.1) is 0 Å². The van der Waals surface area contributed by atoms with Crippen molar-refractivity contribution in [3.8, 4) is 0 Å². The first kappa shape index (κ1) is 15.4. The number of benzene rings is 1. The fraction of sp³-hybridized carbons (Fsp3) is 0.429. The molecule has 1 unspecified atom stereocenters. The van der Waals surface area contributed by atoms with Crippen LogP contribution in [0.2, 0.25) is 0 Å². The molecule has 9 heteroatoms. The van der Waals surface area contributed by atoms with Gasteiger partial charge in [-0.1, -0.05) is 13.8 Å². The third-order valence-corrected chi connectivity index (χ3v) is 4.36. The zero-order valence-electron chi connectivity index (χ0n) is 12.2. The van der Waals surface area contributed by atoms with E-state index in [1.807, 2.05) is 0 Å². The second kappa shape index (κ2) is 4.53.